The highest BCUT2D eigenvalue weighted by atomic mass is 14.3. The molecule has 0 nitrogen and oxygen atoms in total. The second-order valence-electron chi connectivity index (χ2n) is 7.77. The van der Waals surface area contributed by atoms with Gasteiger partial charge < -0.3 is 0 Å². The Morgan fingerprint density at radius 3 is 1.14 bits per heavy atom. The van der Waals surface area contributed by atoms with E-state index in [0.717, 1.165) is 23.7 Å². The van der Waals surface area contributed by atoms with Crippen molar-refractivity contribution < 1.29 is 0 Å². The van der Waals surface area contributed by atoms with Gasteiger partial charge >= 0.3 is 0 Å². The van der Waals surface area contributed by atoms with Gasteiger partial charge in [0.1, 0.15) is 0 Å². The second kappa shape index (κ2) is 7.47. The highest BCUT2D eigenvalue weighted by molar-refractivity contribution is 5.42. The van der Waals surface area contributed by atoms with Crippen LogP contribution in [0.1, 0.15) is 68.4 Å². The number of aryl methyl sites for hydroxylation is 2. The maximum atomic E-state index is 2.40. The average molecular weight is 289 g/mol. The molecule has 0 spiro atoms. The SMILES string of the molecule is CC1CC(C)C(C)CC1C.Cc1cc(C)c(C)c(C)c1C. The van der Waals surface area contributed by atoms with Crippen LogP contribution in [-0.2, 0) is 0 Å². The zero-order valence-corrected chi connectivity index (χ0v) is 15.8. The minimum Gasteiger partial charge on any atom is -0.0622 e. The predicted molar refractivity (Wildman–Crippen MR) is 96.0 cm³/mol. The van der Waals surface area contributed by atoms with Crippen molar-refractivity contribution in [3.8, 4) is 0 Å². The van der Waals surface area contributed by atoms with E-state index in [4.69, 9.17) is 0 Å². The van der Waals surface area contributed by atoms with Crippen LogP contribution in [0, 0.1) is 58.3 Å². The first-order valence-corrected chi connectivity index (χ1v) is 8.69. The molecule has 0 N–H and O–H groups in total. The van der Waals surface area contributed by atoms with Crippen LogP contribution in [-0.4, -0.2) is 0 Å². The first kappa shape index (κ1) is 18.3. The van der Waals surface area contributed by atoms with Crippen molar-refractivity contribution in [1.82, 2.24) is 0 Å². The third-order valence-corrected chi connectivity index (χ3v) is 6.17. The fraction of sp³-hybridized carbons (Fsp3) is 0.714. The van der Waals surface area contributed by atoms with Crippen molar-refractivity contribution in [3.63, 3.8) is 0 Å². The van der Waals surface area contributed by atoms with Gasteiger partial charge in [0, 0.05) is 0 Å². The summed E-state index contributed by atoms with van der Waals surface area (Å²) in [5.41, 5.74) is 7.14. The van der Waals surface area contributed by atoms with E-state index in [9.17, 15) is 0 Å². The normalized spacial score (nSPS) is 28.8. The smallest absolute Gasteiger partial charge is 0.0392 e. The lowest BCUT2D eigenvalue weighted by atomic mass is 9.71. The highest BCUT2D eigenvalue weighted by Crippen LogP contribution is 2.36. The monoisotopic (exact) mass is 288 g/mol. The van der Waals surface area contributed by atoms with Gasteiger partial charge in [0.25, 0.3) is 0 Å². The highest BCUT2D eigenvalue weighted by Gasteiger charge is 2.26. The molecule has 2 rings (SSSR count). The molecule has 1 fully saturated rings. The van der Waals surface area contributed by atoms with Gasteiger partial charge in [-0.3, -0.25) is 0 Å². The van der Waals surface area contributed by atoms with Crippen LogP contribution in [0.15, 0.2) is 6.07 Å². The van der Waals surface area contributed by atoms with E-state index >= 15 is 0 Å². The van der Waals surface area contributed by atoms with E-state index in [1.807, 2.05) is 0 Å². The Hall–Kier alpha value is -0.780. The van der Waals surface area contributed by atoms with Gasteiger partial charge in [-0.15, -0.1) is 0 Å². The van der Waals surface area contributed by atoms with Crippen LogP contribution >= 0.6 is 0 Å². The predicted octanol–water partition coefficient (Wildman–Crippen LogP) is 6.55. The van der Waals surface area contributed by atoms with Crippen LogP contribution < -0.4 is 0 Å². The first-order chi connectivity index (χ1) is 9.65. The molecule has 4 unspecified atom stereocenters. The van der Waals surface area contributed by atoms with E-state index < -0.39 is 0 Å². The molecular weight excluding hydrogens is 252 g/mol. The summed E-state index contributed by atoms with van der Waals surface area (Å²) in [4.78, 5) is 0. The lowest BCUT2D eigenvalue weighted by molar-refractivity contribution is 0.157. The standard InChI is InChI=1S/C11H16.C10H20/c1-7-6-8(2)10(4)11(5)9(7)3;1-7-5-9(3)10(4)6-8(7)2/h6H,1-5H3;7-10H,5-6H2,1-4H3. The molecule has 0 aliphatic heterocycles. The summed E-state index contributed by atoms with van der Waals surface area (Å²) in [5, 5.41) is 0. The van der Waals surface area contributed by atoms with Gasteiger partial charge in [-0.05, 0) is 98.9 Å². The maximum absolute atomic E-state index is 2.40. The van der Waals surface area contributed by atoms with Crippen LogP contribution in [0.5, 0.6) is 0 Å². The Labute approximate surface area is 133 Å². The molecule has 0 amide bonds. The van der Waals surface area contributed by atoms with Gasteiger partial charge in [0.15, 0.2) is 0 Å². The van der Waals surface area contributed by atoms with E-state index in [-0.39, 0.29) is 0 Å². The van der Waals surface area contributed by atoms with Crippen molar-refractivity contribution in [2.45, 2.75) is 75.2 Å². The third-order valence-electron chi connectivity index (χ3n) is 6.17. The Bertz CT molecular complexity index is 417. The fourth-order valence-electron chi connectivity index (χ4n) is 3.52. The van der Waals surface area contributed by atoms with Crippen molar-refractivity contribution in [2.75, 3.05) is 0 Å². The quantitative estimate of drug-likeness (QED) is 0.507. The Balaban J connectivity index is 0.000000211. The largest absolute Gasteiger partial charge is 0.0622 e. The molecule has 1 saturated carbocycles. The number of benzene rings is 1. The minimum atomic E-state index is 0.964. The Morgan fingerprint density at radius 1 is 0.571 bits per heavy atom. The van der Waals surface area contributed by atoms with Crippen LogP contribution in [0.3, 0.4) is 0 Å². The summed E-state index contributed by atoms with van der Waals surface area (Å²) >= 11 is 0. The van der Waals surface area contributed by atoms with Crippen molar-refractivity contribution in [2.24, 2.45) is 23.7 Å². The molecule has 1 aliphatic rings. The molecular formula is C21H36. The summed E-state index contributed by atoms with van der Waals surface area (Å²) in [7, 11) is 0. The molecule has 0 bridgehead atoms. The lowest BCUT2D eigenvalue weighted by Gasteiger charge is -2.35. The fourth-order valence-corrected chi connectivity index (χ4v) is 3.52. The molecule has 120 valence electrons. The second-order valence-corrected chi connectivity index (χ2v) is 7.77. The molecule has 0 aromatic heterocycles. The molecule has 1 aromatic carbocycles. The van der Waals surface area contributed by atoms with E-state index in [1.54, 1.807) is 0 Å². The number of hydrogen-bond donors (Lipinski definition) is 0. The van der Waals surface area contributed by atoms with Gasteiger partial charge in [0.05, 0.1) is 0 Å². The van der Waals surface area contributed by atoms with Crippen LogP contribution in [0.2, 0.25) is 0 Å². The summed E-state index contributed by atoms with van der Waals surface area (Å²) in [5.74, 6) is 3.86. The van der Waals surface area contributed by atoms with Crippen molar-refractivity contribution in [3.05, 3.63) is 33.9 Å². The van der Waals surface area contributed by atoms with Gasteiger partial charge in [0.2, 0.25) is 0 Å². The molecule has 1 aliphatic carbocycles. The molecule has 0 heteroatoms. The summed E-state index contributed by atoms with van der Waals surface area (Å²) < 4.78 is 0. The van der Waals surface area contributed by atoms with Gasteiger partial charge in [-0.2, -0.15) is 0 Å². The maximum Gasteiger partial charge on any atom is -0.0392 e. The van der Waals surface area contributed by atoms with Gasteiger partial charge in [-0.25, -0.2) is 0 Å². The third kappa shape index (κ3) is 4.59. The van der Waals surface area contributed by atoms with Crippen molar-refractivity contribution in [1.29, 1.82) is 0 Å². The van der Waals surface area contributed by atoms with E-state index in [1.165, 1.54) is 40.7 Å². The summed E-state index contributed by atoms with van der Waals surface area (Å²) in [6, 6.07) is 2.26. The summed E-state index contributed by atoms with van der Waals surface area (Å²) in [6.45, 7) is 20.5. The molecule has 1 aromatic rings. The average Bonchev–Trinajstić information content (AvgIpc) is 2.42. The Morgan fingerprint density at radius 2 is 0.857 bits per heavy atom. The number of rotatable bonds is 0. The summed E-state index contributed by atoms with van der Waals surface area (Å²) in [6.07, 6.45) is 2.89. The van der Waals surface area contributed by atoms with Crippen LogP contribution in [0.4, 0.5) is 0 Å². The number of hydrogen-bond acceptors (Lipinski definition) is 0. The van der Waals surface area contributed by atoms with Gasteiger partial charge in [-0.1, -0.05) is 33.8 Å². The Kier molecular flexibility index (Phi) is 6.50. The van der Waals surface area contributed by atoms with Crippen molar-refractivity contribution >= 4 is 0 Å². The first-order valence-electron chi connectivity index (χ1n) is 8.69. The molecule has 0 radical (unpaired) electrons. The van der Waals surface area contributed by atoms with E-state index in [2.05, 4.69) is 68.4 Å². The molecule has 0 saturated heterocycles. The molecule has 0 heterocycles. The van der Waals surface area contributed by atoms with Crippen LogP contribution in [0.25, 0.3) is 0 Å². The zero-order valence-electron chi connectivity index (χ0n) is 15.8. The van der Waals surface area contributed by atoms with E-state index in [0.29, 0.717) is 0 Å². The minimum absolute atomic E-state index is 0.964. The molecule has 21 heavy (non-hydrogen) atoms. The topological polar surface area (TPSA) is 0 Å². The lowest BCUT2D eigenvalue weighted by Crippen LogP contribution is -2.25. The molecule has 4 atom stereocenters. The zero-order chi connectivity index (χ0) is 16.3.